The predicted octanol–water partition coefficient (Wildman–Crippen LogP) is 2.92. The maximum absolute atomic E-state index is 13.6. The van der Waals surface area contributed by atoms with Gasteiger partial charge in [-0.05, 0) is 47.9 Å². The van der Waals surface area contributed by atoms with Gasteiger partial charge in [0.25, 0.3) is 0 Å². The van der Waals surface area contributed by atoms with Crippen molar-refractivity contribution in [2.24, 2.45) is 0 Å². The molecule has 5 nitrogen and oxygen atoms in total. The number of aromatic nitrogens is 2. The molecule has 3 rings (SSSR count). The monoisotopic (exact) mass is 353 g/mol. The first-order valence-electron chi connectivity index (χ1n) is 8.34. The van der Waals surface area contributed by atoms with E-state index in [0.29, 0.717) is 12.1 Å². The van der Waals surface area contributed by atoms with E-state index in [4.69, 9.17) is 4.74 Å². The number of carbonyl (C=O) groups is 1. The van der Waals surface area contributed by atoms with E-state index in [0.717, 1.165) is 17.7 Å². The van der Waals surface area contributed by atoms with E-state index >= 15 is 0 Å². The number of nitrogens with zero attached hydrogens (tertiary/aromatic N) is 2. The summed E-state index contributed by atoms with van der Waals surface area (Å²) in [6.45, 7) is 0.526. The lowest BCUT2D eigenvalue weighted by Gasteiger charge is -2.08. The van der Waals surface area contributed by atoms with Crippen molar-refractivity contribution >= 4 is 5.91 Å². The van der Waals surface area contributed by atoms with Crippen molar-refractivity contribution in [3.8, 4) is 11.4 Å². The number of methoxy groups -OCH3 is 1. The molecule has 1 aromatic heterocycles. The molecule has 0 aliphatic rings. The molecule has 1 heterocycles. The normalized spacial score (nSPS) is 10.5. The van der Waals surface area contributed by atoms with Crippen molar-refractivity contribution in [3.63, 3.8) is 0 Å². The van der Waals surface area contributed by atoms with Crippen LogP contribution in [0.4, 0.5) is 4.39 Å². The minimum absolute atomic E-state index is 0.136. The lowest BCUT2D eigenvalue weighted by Crippen LogP contribution is -2.27. The number of hydrogen-bond acceptors (Lipinski definition) is 3. The average molecular weight is 353 g/mol. The second kappa shape index (κ2) is 8.29. The number of carbonyl (C=O) groups excluding carboxylic acids is 1. The number of benzene rings is 2. The largest absolute Gasteiger partial charge is 0.494 e. The molecule has 1 N–H and O–H groups in total. The molecular formula is C20H20FN3O2. The Bertz CT molecular complexity index is 861. The van der Waals surface area contributed by atoms with Gasteiger partial charge in [-0.25, -0.2) is 9.07 Å². The number of halogens is 1. The Morgan fingerprint density at radius 2 is 1.96 bits per heavy atom. The second-order valence-electron chi connectivity index (χ2n) is 5.86. The second-order valence-corrected chi connectivity index (χ2v) is 5.86. The van der Waals surface area contributed by atoms with Crippen LogP contribution in [0.15, 0.2) is 60.9 Å². The Labute approximate surface area is 151 Å². The van der Waals surface area contributed by atoms with E-state index in [1.807, 2.05) is 36.5 Å². The lowest BCUT2D eigenvalue weighted by molar-refractivity contribution is -0.120. The van der Waals surface area contributed by atoms with Gasteiger partial charge >= 0.3 is 0 Å². The highest BCUT2D eigenvalue weighted by Gasteiger charge is 2.07. The molecule has 0 aliphatic heterocycles. The van der Waals surface area contributed by atoms with Gasteiger partial charge in [-0.3, -0.25) is 4.79 Å². The number of amides is 1. The Balaban J connectivity index is 1.47. The molecule has 0 fully saturated rings. The van der Waals surface area contributed by atoms with Crippen molar-refractivity contribution in [2.75, 3.05) is 13.7 Å². The minimum Gasteiger partial charge on any atom is -0.494 e. The highest BCUT2D eigenvalue weighted by molar-refractivity contribution is 5.78. The number of ether oxygens (including phenoxy) is 1. The van der Waals surface area contributed by atoms with Gasteiger partial charge in [0.15, 0.2) is 11.6 Å². The molecule has 2 aromatic carbocycles. The third kappa shape index (κ3) is 4.47. The maximum Gasteiger partial charge on any atom is 0.224 e. The van der Waals surface area contributed by atoms with E-state index < -0.39 is 5.82 Å². The average Bonchev–Trinajstić information content (AvgIpc) is 3.17. The Morgan fingerprint density at radius 1 is 1.19 bits per heavy atom. The lowest BCUT2D eigenvalue weighted by atomic mass is 10.1. The fourth-order valence-corrected chi connectivity index (χ4v) is 2.65. The standard InChI is InChI=1S/C20H20FN3O2/c1-26-19-8-5-16(13-18(19)21)14-20(25)22-11-9-15-3-6-17(7-4-15)24-12-2-10-23-24/h2-8,10,12-13H,9,11,14H2,1H3,(H,22,25). The van der Waals surface area contributed by atoms with Crippen LogP contribution in [0.25, 0.3) is 5.69 Å². The highest BCUT2D eigenvalue weighted by atomic mass is 19.1. The summed E-state index contributed by atoms with van der Waals surface area (Å²) in [7, 11) is 1.41. The molecule has 0 bridgehead atoms. The molecule has 26 heavy (non-hydrogen) atoms. The van der Waals surface area contributed by atoms with Gasteiger partial charge in [0, 0.05) is 18.9 Å². The first-order chi connectivity index (χ1) is 12.7. The summed E-state index contributed by atoms with van der Waals surface area (Å²) < 4.78 is 20.3. The summed E-state index contributed by atoms with van der Waals surface area (Å²) in [5.74, 6) is -0.425. The summed E-state index contributed by atoms with van der Waals surface area (Å²) in [5, 5.41) is 7.04. The van der Waals surface area contributed by atoms with Crippen molar-refractivity contribution in [1.29, 1.82) is 0 Å². The van der Waals surface area contributed by atoms with Gasteiger partial charge in [0.1, 0.15) is 0 Å². The molecule has 0 atom stereocenters. The van der Waals surface area contributed by atoms with Gasteiger partial charge in [-0.1, -0.05) is 18.2 Å². The molecular weight excluding hydrogens is 333 g/mol. The van der Waals surface area contributed by atoms with Crippen molar-refractivity contribution in [1.82, 2.24) is 15.1 Å². The molecule has 0 saturated carbocycles. The van der Waals surface area contributed by atoms with E-state index in [1.165, 1.54) is 19.2 Å². The molecule has 3 aromatic rings. The zero-order valence-corrected chi connectivity index (χ0v) is 14.5. The third-order valence-corrected chi connectivity index (χ3v) is 4.02. The fourth-order valence-electron chi connectivity index (χ4n) is 2.65. The fraction of sp³-hybridized carbons (Fsp3) is 0.200. The minimum atomic E-state index is -0.463. The topological polar surface area (TPSA) is 56.1 Å². The quantitative estimate of drug-likeness (QED) is 0.711. The molecule has 0 aliphatic carbocycles. The highest BCUT2D eigenvalue weighted by Crippen LogP contribution is 2.17. The summed E-state index contributed by atoms with van der Waals surface area (Å²) in [5.41, 5.74) is 2.73. The Kier molecular flexibility index (Phi) is 5.63. The van der Waals surface area contributed by atoms with Crippen molar-refractivity contribution in [3.05, 3.63) is 77.9 Å². The summed E-state index contributed by atoms with van der Waals surface area (Å²) in [6, 6.07) is 14.4. The van der Waals surface area contributed by atoms with E-state index in [9.17, 15) is 9.18 Å². The third-order valence-electron chi connectivity index (χ3n) is 4.02. The first-order valence-corrected chi connectivity index (χ1v) is 8.34. The zero-order chi connectivity index (χ0) is 18.4. The van der Waals surface area contributed by atoms with Gasteiger partial charge in [-0.2, -0.15) is 5.10 Å². The number of nitrogens with one attached hydrogen (secondary N) is 1. The molecule has 134 valence electrons. The smallest absolute Gasteiger partial charge is 0.224 e. The van der Waals surface area contributed by atoms with Gasteiger partial charge in [0.05, 0.1) is 19.2 Å². The predicted molar refractivity (Wildman–Crippen MR) is 96.9 cm³/mol. The Morgan fingerprint density at radius 3 is 2.62 bits per heavy atom. The van der Waals surface area contributed by atoms with Crippen LogP contribution in [0.2, 0.25) is 0 Å². The van der Waals surface area contributed by atoms with Crippen LogP contribution in [0.5, 0.6) is 5.75 Å². The van der Waals surface area contributed by atoms with Crippen LogP contribution in [0, 0.1) is 5.82 Å². The molecule has 0 saturated heterocycles. The SMILES string of the molecule is COc1ccc(CC(=O)NCCc2ccc(-n3cccn3)cc2)cc1F. The molecule has 0 unspecified atom stereocenters. The van der Waals surface area contributed by atoms with E-state index in [2.05, 4.69) is 10.4 Å². The Hall–Kier alpha value is -3.15. The maximum atomic E-state index is 13.6. The van der Waals surface area contributed by atoms with E-state index in [-0.39, 0.29) is 18.1 Å². The molecule has 6 heteroatoms. The zero-order valence-electron chi connectivity index (χ0n) is 14.5. The summed E-state index contributed by atoms with van der Waals surface area (Å²) >= 11 is 0. The summed E-state index contributed by atoms with van der Waals surface area (Å²) in [6.07, 6.45) is 4.48. The summed E-state index contributed by atoms with van der Waals surface area (Å²) in [4.78, 5) is 12.0. The molecule has 1 amide bonds. The van der Waals surface area contributed by atoms with Gasteiger partial charge in [0.2, 0.25) is 5.91 Å². The van der Waals surface area contributed by atoms with Gasteiger partial charge in [-0.15, -0.1) is 0 Å². The van der Waals surface area contributed by atoms with Crippen LogP contribution >= 0.6 is 0 Å². The van der Waals surface area contributed by atoms with Crippen LogP contribution in [-0.4, -0.2) is 29.3 Å². The van der Waals surface area contributed by atoms with Crippen LogP contribution < -0.4 is 10.1 Å². The first kappa shape index (κ1) is 17.7. The number of rotatable bonds is 7. The van der Waals surface area contributed by atoms with Crippen molar-refractivity contribution in [2.45, 2.75) is 12.8 Å². The molecule has 0 spiro atoms. The van der Waals surface area contributed by atoms with Crippen molar-refractivity contribution < 1.29 is 13.9 Å². The number of hydrogen-bond donors (Lipinski definition) is 1. The van der Waals surface area contributed by atoms with Crippen LogP contribution in [-0.2, 0) is 17.6 Å². The van der Waals surface area contributed by atoms with Gasteiger partial charge < -0.3 is 10.1 Å². The van der Waals surface area contributed by atoms with Crippen LogP contribution in [0.3, 0.4) is 0 Å². The van der Waals surface area contributed by atoms with E-state index in [1.54, 1.807) is 16.9 Å². The van der Waals surface area contributed by atoms with Crippen LogP contribution in [0.1, 0.15) is 11.1 Å². The molecule has 0 radical (unpaired) electrons.